The van der Waals surface area contributed by atoms with Crippen molar-refractivity contribution in [3.63, 3.8) is 0 Å². The Hall–Kier alpha value is -2.21. The number of benzene rings is 1. The summed E-state index contributed by atoms with van der Waals surface area (Å²) in [6.45, 7) is 4.13. The highest BCUT2D eigenvalue weighted by Crippen LogP contribution is 2.29. The van der Waals surface area contributed by atoms with E-state index in [1.807, 2.05) is 31.2 Å². The van der Waals surface area contributed by atoms with E-state index in [-0.39, 0.29) is 11.6 Å². The molecule has 0 aliphatic rings. The zero-order valence-corrected chi connectivity index (χ0v) is 12.9. The van der Waals surface area contributed by atoms with E-state index in [0.29, 0.717) is 16.3 Å². The van der Waals surface area contributed by atoms with E-state index in [2.05, 4.69) is 0 Å². The van der Waals surface area contributed by atoms with Gasteiger partial charge in [0.1, 0.15) is 0 Å². The monoisotopic (exact) mass is 304 g/mol. The van der Waals surface area contributed by atoms with Crippen LogP contribution in [0.15, 0.2) is 30.3 Å². The third-order valence-corrected chi connectivity index (χ3v) is 4.21. The molecule has 2 rings (SSSR count). The number of carbonyl (C=O) groups excluding carboxylic acids is 1. The summed E-state index contributed by atoms with van der Waals surface area (Å²) >= 11 is 1.16. The lowest BCUT2D eigenvalue weighted by Crippen LogP contribution is -2.25. The van der Waals surface area contributed by atoms with Gasteiger partial charge in [-0.3, -0.25) is 14.9 Å². The first-order valence-corrected chi connectivity index (χ1v) is 7.26. The van der Waals surface area contributed by atoms with Gasteiger partial charge < -0.3 is 4.90 Å². The Morgan fingerprint density at radius 1 is 1.29 bits per heavy atom. The molecule has 1 aromatic carbocycles. The van der Waals surface area contributed by atoms with Crippen molar-refractivity contribution in [3.05, 3.63) is 61.3 Å². The Morgan fingerprint density at radius 2 is 1.90 bits per heavy atom. The zero-order chi connectivity index (χ0) is 15.6. The molecule has 0 saturated carbocycles. The number of aryl methyl sites for hydroxylation is 2. The van der Waals surface area contributed by atoms with Crippen LogP contribution in [-0.4, -0.2) is 22.8 Å². The molecule has 0 spiro atoms. The van der Waals surface area contributed by atoms with Crippen LogP contribution in [0.4, 0.5) is 5.69 Å². The highest BCUT2D eigenvalue weighted by atomic mass is 32.1. The summed E-state index contributed by atoms with van der Waals surface area (Å²) in [5.41, 5.74) is 2.20. The Kier molecular flexibility index (Phi) is 4.37. The lowest BCUT2D eigenvalue weighted by atomic mass is 10.1. The molecule has 0 saturated heterocycles. The van der Waals surface area contributed by atoms with Gasteiger partial charge in [-0.05, 0) is 19.4 Å². The fourth-order valence-corrected chi connectivity index (χ4v) is 2.97. The third kappa shape index (κ3) is 3.46. The molecule has 21 heavy (non-hydrogen) atoms. The van der Waals surface area contributed by atoms with Gasteiger partial charge in [0, 0.05) is 19.7 Å². The Balaban J connectivity index is 2.13. The summed E-state index contributed by atoms with van der Waals surface area (Å²) in [6.07, 6.45) is 0. The highest BCUT2D eigenvalue weighted by molar-refractivity contribution is 7.14. The molecule has 0 aliphatic carbocycles. The molecule has 2 aromatic rings. The van der Waals surface area contributed by atoms with E-state index in [4.69, 9.17) is 0 Å². The summed E-state index contributed by atoms with van der Waals surface area (Å²) in [4.78, 5) is 25.2. The van der Waals surface area contributed by atoms with Crippen LogP contribution in [0.2, 0.25) is 0 Å². The fraction of sp³-hybridized carbons (Fsp3) is 0.267. The average Bonchev–Trinajstić information content (AvgIpc) is 2.82. The second-order valence-corrected chi connectivity index (χ2v) is 6.21. The third-order valence-electron chi connectivity index (χ3n) is 3.19. The van der Waals surface area contributed by atoms with Crippen molar-refractivity contribution in [3.8, 4) is 0 Å². The SMILES string of the molecule is Cc1ccc(CN(C)C(=O)c2cc([N+](=O)[O-])c(C)s2)cc1. The van der Waals surface area contributed by atoms with Gasteiger partial charge in [-0.15, -0.1) is 11.3 Å². The predicted octanol–water partition coefficient (Wildman–Crippen LogP) is 3.55. The molecule has 0 aliphatic heterocycles. The van der Waals surface area contributed by atoms with Crippen LogP contribution >= 0.6 is 11.3 Å². The average molecular weight is 304 g/mol. The number of nitro groups is 1. The molecule has 0 fully saturated rings. The molecule has 1 amide bonds. The molecular weight excluding hydrogens is 288 g/mol. The van der Waals surface area contributed by atoms with E-state index in [1.165, 1.54) is 6.07 Å². The van der Waals surface area contributed by atoms with Gasteiger partial charge in [-0.2, -0.15) is 0 Å². The first kappa shape index (κ1) is 15.2. The van der Waals surface area contributed by atoms with Crippen molar-refractivity contribution >= 4 is 22.9 Å². The van der Waals surface area contributed by atoms with E-state index < -0.39 is 4.92 Å². The van der Waals surface area contributed by atoms with Crippen molar-refractivity contribution in [2.24, 2.45) is 0 Å². The summed E-state index contributed by atoms with van der Waals surface area (Å²) in [5, 5.41) is 10.8. The molecule has 0 radical (unpaired) electrons. The van der Waals surface area contributed by atoms with Gasteiger partial charge in [0.15, 0.2) is 0 Å². The van der Waals surface area contributed by atoms with E-state index >= 15 is 0 Å². The minimum Gasteiger partial charge on any atom is -0.337 e. The van der Waals surface area contributed by atoms with Gasteiger partial charge in [-0.1, -0.05) is 29.8 Å². The molecular formula is C15H16N2O3S. The normalized spacial score (nSPS) is 10.4. The summed E-state index contributed by atoms with van der Waals surface area (Å²) in [6, 6.07) is 9.29. The number of amides is 1. The fourth-order valence-electron chi connectivity index (χ4n) is 1.99. The van der Waals surface area contributed by atoms with Crippen LogP contribution in [0.25, 0.3) is 0 Å². The maximum absolute atomic E-state index is 12.3. The van der Waals surface area contributed by atoms with Gasteiger partial charge in [-0.25, -0.2) is 0 Å². The van der Waals surface area contributed by atoms with Crippen molar-refractivity contribution < 1.29 is 9.72 Å². The standard InChI is InChI=1S/C15H16N2O3S/c1-10-4-6-12(7-5-10)9-16(3)15(18)14-8-13(17(19)20)11(2)21-14/h4-8H,9H2,1-3H3. The Morgan fingerprint density at radius 3 is 2.43 bits per heavy atom. The van der Waals surface area contributed by atoms with Gasteiger partial charge >= 0.3 is 0 Å². The molecule has 1 heterocycles. The molecule has 0 N–H and O–H groups in total. The van der Waals surface area contributed by atoms with E-state index in [0.717, 1.165) is 22.5 Å². The number of nitrogens with zero attached hydrogens (tertiary/aromatic N) is 2. The van der Waals surface area contributed by atoms with Crippen LogP contribution in [-0.2, 0) is 6.54 Å². The Bertz CT molecular complexity index is 677. The quantitative estimate of drug-likeness (QED) is 0.641. The minimum atomic E-state index is -0.456. The summed E-state index contributed by atoms with van der Waals surface area (Å²) in [7, 11) is 1.70. The predicted molar refractivity (Wildman–Crippen MR) is 82.7 cm³/mol. The van der Waals surface area contributed by atoms with Crippen molar-refractivity contribution in [1.29, 1.82) is 0 Å². The van der Waals surface area contributed by atoms with Gasteiger partial charge in [0.2, 0.25) is 0 Å². The van der Waals surface area contributed by atoms with Crippen molar-refractivity contribution in [1.82, 2.24) is 4.90 Å². The maximum atomic E-state index is 12.3. The number of thiophene rings is 1. The number of rotatable bonds is 4. The van der Waals surface area contributed by atoms with Crippen LogP contribution < -0.4 is 0 Å². The maximum Gasteiger partial charge on any atom is 0.283 e. The summed E-state index contributed by atoms with van der Waals surface area (Å²) < 4.78 is 0. The molecule has 1 aromatic heterocycles. The van der Waals surface area contributed by atoms with Crippen LogP contribution in [0.1, 0.15) is 25.7 Å². The van der Waals surface area contributed by atoms with E-state index in [1.54, 1.807) is 18.9 Å². The lowest BCUT2D eigenvalue weighted by molar-refractivity contribution is -0.385. The van der Waals surface area contributed by atoms with Crippen molar-refractivity contribution in [2.75, 3.05) is 7.05 Å². The molecule has 0 atom stereocenters. The van der Waals surface area contributed by atoms with Gasteiger partial charge in [0.25, 0.3) is 11.6 Å². The second kappa shape index (κ2) is 6.05. The molecule has 6 heteroatoms. The largest absolute Gasteiger partial charge is 0.337 e. The van der Waals surface area contributed by atoms with Crippen molar-refractivity contribution in [2.45, 2.75) is 20.4 Å². The highest BCUT2D eigenvalue weighted by Gasteiger charge is 2.21. The smallest absolute Gasteiger partial charge is 0.283 e. The number of hydrogen-bond donors (Lipinski definition) is 0. The van der Waals surface area contributed by atoms with Gasteiger partial charge in [0.05, 0.1) is 14.7 Å². The van der Waals surface area contributed by atoms with Crippen LogP contribution in [0.3, 0.4) is 0 Å². The van der Waals surface area contributed by atoms with Crippen LogP contribution in [0.5, 0.6) is 0 Å². The minimum absolute atomic E-state index is 0.00656. The van der Waals surface area contributed by atoms with Crippen LogP contribution in [0, 0.1) is 24.0 Å². The second-order valence-electron chi connectivity index (χ2n) is 4.96. The Labute approximate surface area is 127 Å². The molecule has 5 nitrogen and oxygen atoms in total. The lowest BCUT2D eigenvalue weighted by Gasteiger charge is -2.16. The topological polar surface area (TPSA) is 63.5 Å². The first-order valence-electron chi connectivity index (χ1n) is 6.44. The zero-order valence-electron chi connectivity index (χ0n) is 12.1. The summed E-state index contributed by atoms with van der Waals surface area (Å²) in [5.74, 6) is -0.197. The number of hydrogen-bond acceptors (Lipinski definition) is 4. The molecule has 0 unspecified atom stereocenters. The molecule has 0 bridgehead atoms. The first-order chi connectivity index (χ1) is 9.88. The molecule has 110 valence electrons. The van der Waals surface area contributed by atoms with E-state index in [9.17, 15) is 14.9 Å². The number of carbonyl (C=O) groups is 1.